The van der Waals surface area contributed by atoms with Crippen LogP contribution in [-0.4, -0.2) is 23.0 Å². The van der Waals surface area contributed by atoms with E-state index in [1.54, 1.807) is 0 Å². The Balaban J connectivity index is 1.75. The summed E-state index contributed by atoms with van der Waals surface area (Å²) in [6, 6.07) is 13.9. The van der Waals surface area contributed by atoms with E-state index in [1.807, 2.05) is 42.1 Å². The molecule has 1 aromatic heterocycles. The zero-order chi connectivity index (χ0) is 16.4. The fourth-order valence-corrected chi connectivity index (χ4v) is 3.33. The Morgan fingerprint density at radius 2 is 1.91 bits per heavy atom. The molecule has 1 N–H and O–H groups in total. The van der Waals surface area contributed by atoms with Crippen LogP contribution in [-0.2, 0) is 0 Å². The van der Waals surface area contributed by atoms with Crippen molar-refractivity contribution in [1.29, 1.82) is 0 Å². The third kappa shape index (κ3) is 3.70. The van der Waals surface area contributed by atoms with Crippen LogP contribution in [0.1, 0.15) is 31.3 Å². The van der Waals surface area contributed by atoms with E-state index in [1.165, 1.54) is 0 Å². The Bertz CT molecular complexity index is 845. The second-order valence-electron chi connectivity index (χ2n) is 6.53. The summed E-state index contributed by atoms with van der Waals surface area (Å²) in [6.07, 6.45) is 0. The van der Waals surface area contributed by atoms with E-state index in [0.29, 0.717) is 12.3 Å². The van der Waals surface area contributed by atoms with Gasteiger partial charge in [-0.3, -0.25) is 4.79 Å². The van der Waals surface area contributed by atoms with Gasteiger partial charge in [0.05, 0.1) is 0 Å². The topological polar surface area (TPSA) is 42.2 Å². The molecule has 0 aliphatic rings. The van der Waals surface area contributed by atoms with E-state index in [9.17, 15) is 4.79 Å². The van der Waals surface area contributed by atoms with Gasteiger partial charge in [0.25, 0.3) is 5.91 Å². The molecule has 0 spiro atoms. The molecule has 0 atom stereocenters. The second kappa shape index (κ2) is 6.28. The molecule has 0 bridgehead atoms. The van der Waals surface area contributed by atoms with Crippen LogP contribution >= 0.6 is 11.8 Å². The number of rotatable bonds is 4. The molecule has 3 nitrogen and oxygen atoms in total. The standard InChI is InChI=1S/C19H21NO2S/c1-19(2,3)23-11-10-20-18(21)17-12-15-14-7-5-4-6-13(14)8-9-16(15)22-17/h4-9,12H,10-11H2,1-3H3,(H,20,21). The minimum absolute atomic E-state index is 0.153. The highest BCUT2D eigenvalue weighted by Crippen LogP contribution is 2.28. The normalized spacial score (nSPS) is 12.0. The van der Waals surface area contributed by atoms with Crippen molar-refractivity contribution >= 4 is 39.4 Å². The molecular formula is C19H21NO2S. The molecule has 1 heterocycles. The van der Waals surface area contributed by atoms with Gasteiger partial charge in [-0.1, -0.05) is 51.1 Å². The van der Waals surface area contributed by atoms with Gasteiger partial charge in [0.2, 0.25) is 0 Å². The van der Waals surface area contributed by atoms with Crippen LogP contribution in [0.3, 0.4) is 0 Å². The summed E-state index contributed by atoms with van der Waals surface area (Å²) in [7, 11) is 0. The average Bonchev–Trinajstić information content (AvgIpc) is 2.95. The van der Waals surface area contributed by atoms with Crippen molar-refractivity contribution in [2.45, 2.75) is 25.5 Å². The number of thioether (sulfide) groups is 1. The van der Waals surface area contributed by atoms with Crippen molar-refractivity contribution in [1.82, 2.24) is 5.32 Å². The Labute approximate surface area is 140 Å². The predicted octanol–water partition coefficient (Wildman–Crippen LogP) is 4.85. The smallest absolute Gasteiger partial charge is 0.287 e. The Kier molecular flexibility index (Phi) is 4.35. The first-order valence-corrected chi connectivity index (χ1v) is 8.76. The van der Waals surface area contributed by atoms with Crippen molar-refractivity contribution in [2.24, 2.45) is 0 Å². The minimum Gasteiger partial charge on any atom is -0.451 e. The van der Waals surface area contributed by atoms with Gasteiger partial charge >= 0.3 is 0 Å². The lowest BCUT2D eigenvalue weighted by Gasteiger charge is -2.17. The maximum absolute atomic E-state index is 12.3. The molecule has 0 aliphatic heterocycles. The lowest BCUT2D eigenvalue weighted by molar-refractivity contribution is 0.0930. The predicted molar refractivity (Wildman–Crippen MR) is 98.3 cm³/mol. The van der Waals surface area contributed by atoms with Gasteiger partial charge in [-0.25, -0.2) is 0 Å². The van der Waals surface area contributed by atoms with E-state index < -0.39 is 0 Å². The first-order valence-electron chi connectivity index (χ1n) is 7.77. The van der Waals surface area contributed by atoms with Crippen molar-refractivity contribution in [3.63, 3.8) is 0 Å². The van der Waals surface area contributed by atoms with E-state index in [4.69, 9.17) is 4.42 Å². The van der Waals surface area contributed by atoms with Gasteiger partial charge in [-0.2, -0.15) is 11.8 Å². The van der Waals surface area contributed by atoms with Crippen LogP contribution < -0.4 is 5.32 Å². The molecule has 0 unspecified atom stereocenters. The summed E-state index contributed by atoms with van der Waals surface area (Å²) in [5.74, 6) is 1.11. The zero-order valence-electron chi connectivity index (χ0n) is 13.7. The monoisotopic (exact) mass is 327 g/mol. The molecule has 4 heteroatoms. The minimum atomic E-state index is -0.153. The number of carbonyl (C=O) groups is 1. The van der Waals surface area contributed by atoms with Gasteiger partial charge in [0.1, 0.15) is 5.58 Å². The van der Waals surface area contributed by atoms with E-state index in [-0.39, 0.29) is 10.7 Å². The third-order valence-electron chi connectivity index (χ3n) is 3.57. The molecule has 0 radical (unpaired) electrons. The van der Waals surface area contributed by atoms with Crippen LogP contribution in [0, 0.1) is 0 Å². The molecule has 120 valence electrons. The number of furan rings is 1. The maximum atomic E-state index is 12.3. The Morgan fingerprint density at radius 1 is 1.13 bits per heavy atom. The van der Waals surface area contributed by atoms with Gasteiger partial charge in [0, 0.05) is 22.4 Å². The molecule has 0 saturated heterocycles. The molecule has 1 amide bonds. The number of hydrogen-bond donors (Lipinski definition) is 1. The fourth-order valence-electron chi connectivity index (χ4n) is 2.51. The van der Waals surface area contributed by atoms with E-state index >= 15 is 0 Å². The molecule has 3 aromatic rings. The summed E-state index contributed by atoms with van der Waals surface area (Å²) < 4.78 is 5.93. The highest BCUT2D eigenvalue weighted by molar-refractivity contribution is 8.00. The van der Waals surface area contributed by atoms with Gasteiger partial charge in [0.15, 0.2) is 5.76 Å². The SMILES string of the molecule is CC(C)(C)SCCNC(=O)c1cc2c(ccc3ccccc32)o1. The third-order valence-corrected chi connectivity index (χ3v) is 4.85. The van der Waals surface area contributed by atoms with E-state index in [0.717, 1.165) is 27.5 Å². The lowest BCUT2D eigenvalue weighted by Crippen LogP contribution is -2.26. The van der Waals surface area contributed by atoms with Crippen LogP contribution in [0.4, 0.5) is 0 Å². The Morgan fingerprint density at radius 3 is 2.70 bits per heavy atom. The summed E-state index contributed by atoms with van der Waals surface area (Å²) >= 11 is 1.83. The summed E-state index contributed by atoms with van der Waals surface area (Å²) in [4.78, 5) is 12.3. The summed E-state index contributed by atoms with van der Waals surface area (Å²) in [5.41, 5.74) is 0.748. The van der Waals surface area contributed by atoms with Gasteiger partial charge < -0.3 is 9.73 Å². The quantitative estimate of drug-likeness (QED) is 0.697. The first kappa shape index (κ1) is 15.9. The second-order valence-corrected chi connectivity index (χ2v) is 8.45. The van der Waals surface area contributed by atoms with Crippen LogP contribution in [0.2, 0.25) is 0 Å². The number of amides is 1. The molecule has 0 fully saturated rings. The zero-order valence-corrected chi connectivity index (χ0v) is 14.5. The number of nitrogens with one attached hydrogen (secondary N) is 1. The van der Waals surface area contributed by atoms with Crippen LogP contribution in [0.25, 0.3) is 21.7 Å². The number of fused-ring (bicyclic) bond motifs is 3. The van der Waals surface area contributed by atoms with Crippen molar-refractivity contribution in [3.8, 4) is 0 Å². The molecule has 2 aromatic carbocycles. The summed E-state index contributed by atoms with van der Waals surface area (Å²) in [6.45, 7) is 7.15. The molecule has 0 aliphatic carbocycles. The van der Waals surface area contributed by atoms with E-state index in [2.05, 4.69) is 38.2 Å². The molecule has 0 saturated carbocycles. The molecule has 23 heavy (non-hydrogen) atoms. The average molecular weight is 327 g/mol. The van der Waals surface area contributed by atoms with Crippen LogP contribution in [0.5, 0.6) is 0 Å². The molecular weight excluding hydrogens is 306 g/mol. The highest BCUT2D eigenvalue weighted by Gasteiger charge is 2.14. The number of benzene rings is 2. The van der Waals surface area contributed by atoms with Gasteiger partial charge in [-0.05, 0) is 22.9 Å². The Hall–Kier alpha value is -1.94. The largest absolute Gasteiger partial charge is 0.451 e. The van der Waals surface area contributed by atoms with Crippen molar-refractivity contribution < 1.29 is 9.21 Å². The van der Waals surface area contributed by atoms with Gasteiger partial charge in [-0.15, -0.1) is 0 Å². The fraction of sp³-hybridized carbons (Fsp3) is 0.316. The van der Waals surface area contributed by atoms with Crippen LogP contribution in [0.15, 0.2) is 46.9 Å². The molecule has 3 rings (SSSR count). The number of carbonyl (C=O) groups excluding carboxylic acids is 1. The van der Waals surface area contributed by atoms with Crippen molar-refractivity contribution in [2.75, 3.05) is 12.3 Å². The highest BCUT2D eigenvalue weighted by atomic mass is 32.2. The number of hydrogen-bond acceptors (Lipinski definition) is 3. The maximum Gasteiger partial charge on any atom is 0.287 e. The van der Waals surface area contributed by atoms with Crippen molar-refractivity contribution in [3.05, 3.63) is 48.2 Å². The lowest BCUT2D eigenvalue weighted by atomic mass is 10.1. The summed E-state index contributed by atoms with van der Waals surface area (Å²) in [5, 5.41) is 6.17. The first-order chi connectivity index (χ1) is 10.9.